The Balaban J connectivity index is 1.99. The van der Waals surface area contributed by atoms with Crippen LogP contribution in [0.4, 0.5) is 0 Å². The first-order valence-electron chi connectivity index (χ1n) is 11.4. The first kappa shape index (κ1) is 23.8. The van der Waals surface area contributed by atoms with Crippen LogP contribution in [0.25, 0.3) is 11.3 Å². The van der Waals surface area contributed by atoms with Gasteiger partial charge in [0.05, 0.1) is 18.8 Å². The van der Waals surface area contributed by atoms with Gasteiger partial charge in [-0.25, -0.2) is 4.68 Å². The number of hydrogen-bond acceptors (Lipinski definition) is 5. The van der Waals surface area contributed by atoms with E-state index in [-0.39, 0.29) is 6.10 Å². The fourth-order valence-corrected chi connectivity index (χ4v) is 3.92. The van der Waals surface area contributed by atoms with Gasteiger partial charge in [-0.3, -0.25) is 4.90 Å². The minimum Gasteiger partial charge on any atom is -0.497 e. The van der Waals surface area contributed by atoms with Gasteiger partial charge >= 0.3 is 0 Å². The number of aryl methyl sites for hydroxylation is 1. The van der Waals surface area contributed by atoms with Crippen molar-refractivity contribution < 1.29 is 14.6 Å². The van der Waals surface area contributed by atoms with Crippen molar-refractivity contribution in [3.05, 3.63) is 60.2 Å². The van der Waals surface area contributed by atoms with Gasteiger partial charge in [0.2, 0.25) is 5.88 Å². The molecule has 0 aliphatic carbocycles. The summed E-state index contributed by atoms with van der Waals surface area (Å²) in [7, 11) is 3.55. The molecule has 2 aromatic carbocycles. The summed E-state index contributed by atoms with van der Waals surface area (Å²) >= 11 is 0. The molecule has 3 aromatic rings. The normalized spacial score (nSPS) is 12.2. The molecule has 0 unspecified atom stereocenters. The second-order valence-corrected chi connectivity index (χ2v) is 8.08. The molecule has 0 radical (unpaired) electrons. The summed E-state index contributed by atoms with van der Waals surface area (Å²) in [5, 5.41) is 15.3. The highest BCUT2D eigenvalue weighted by atomic mass is 16.5. The van der Waals surface area contributed by atoms with Crippen LogP contribution in [0.15, 0.2) is 54.6 Å². The highest BCUT2D eigenvalue weighted by Gasteiger charge is 2.23. The highest BCUT2D eigenvalue weighted by molar-refractivity contribution is 5.65. The van der Waals surface area contributed by atoms with Gasteiger partial charge in [-0.15, -0.1) is 0 Å². The van der Waals surface area contributed by atoms with Gasteiger partial charge in [0.25, 0.3) is 0 Å². The molecule has 0 aliphatic heterocycles. The predicted molar refractivity (Wildman–Crippen MR) is 128 cm³/mol. The topological polar surface area (TPSA) is 59.8 Å². The molecular formula is C26H35N3O3. The Bertz CT molecular complexity index is 972. The Morgan fingerprint density at radius 1 is 1.03 bits per heavy atom. The molecular weight excluding hydrogens is 402 g/mol. The lowest BCUT2D eigenvalue weighted by Gasteiger charge is -2.25. The van der Waals surface area contributed by atoms with Crippen molar-refractivity contribution in [3.63, 3.8) is 0 Å². The van der Waals surface area contributed by atoms with Gasteiger partial charge in [-0.2, -0.15) is 5.10 Å². The summed E-state index contributed by atoms with van der Waals surface area (Å²) in [6.07, 6.45) is 2.43. The van der Waals surface area contributed by atoms with Crippen molar-refractivity contribution in [2.24, 2.45) is 7.05 Å². The van der Waals surface area contributed by atoms with Crippen LogP contribution in [0.2, 0.25) is 0 Å². The number of hydrogen-bond donors (Lipinski definition) is 1. The molecule has 0 amide bonds. The Kier molecular flexibility index (Phi) is 8.71. The number of benzene rings is 2. The average molecular weight is 438 g/mol. The lowest BCUT2D eigenvalue weighted by atomic mass is 10.1. The largest absolute Gasteiger partial charge is 0.497 e. The van der Waals surface area contributed by atoms with Crippen LogP contribution >= 0.6 is 0 Å². The number of methoxy groups -OCH3 is 1. The quantitative estimate of drug-likeness (QED) is 0.419. The van der Waals surface area contributed by atoms with E-state index in [2.05, 4.69) is 30.9 Å². The van der Waals surface area contributed by atoms with Gasteiger partial charge in [-0.1, -0.05) is 56.7 Å². The zero-order valence-electron chi connectivity index (χ0n) is 19.6. The van der Waals surface area contributed by atoms with E-state index >= 15 is 0 Å². The van der Waals surface area contributed by atoms with E-state index in [1.165, 1.54) is 0 Å². The standard InChI is InChI=1S/C26H35N3O3/c1-5-11-21(30)18-29(16-6-2)19-24-25(20-12-8-7-9-13-20)27-28(3)26(24)32-23-15-10-14-22(17-23)31-4/h7-10,12-15,17,21,30H,5-6,11,16,18-19H2,1-4H3/t21-/m0/s1. The van der Waals surface area contributed by atoms with Crippen LogP contribution < -0.4 is 9.47 Å². The van der Waals surface area contributed by atoms with Crippen molar-refractivity contribution in [1.82, 2.24) is 14.7 Å². The zero-order valence-corrected chi connectivity index (χ0v) is 19.6. The van der Waals surface area contributed by atoms with Crippen molar-refractivity contribution in [3.8, 4) is 28.6 Å². The minimum absolute atomic E-state index is 0.342. The zero-order chi connectivity index (χ0) is 22.9. The van der Waals surface area contributed by atoms with Crippen molar-refractivity contribution in [2.45, 2.75) is 45.8 Å². The highest BCUT2D eigenvalue weighted by Crippen LogP contribution is 2.35. The number of aliphatic hydroxyl groups is 1. The molecule has 1 N–H and O–H groups in total. The first-order chi connectivity index (χ1) is 15.5. The maximum absolute atomic E-state index is 10.5. The van der Waals surface area contributed by atoms with Gasteiger partial charge in [0.15, 0.2) is 0 Å². The molecule has 6 heteroatoms. The van der Waals surface area contributed by atoms with Crippen LogP contribution in [0.1, 0.15) is 38.7 Å². The van der Waals surface area contributed by atoms with Gasteiger partial charge in [-0.05, 0) is 31.5 Å². The Morgan fingerprint density at radius 2 is 1.78 bits per heavy atom. The molecule has 0 spiro atoms. The summed E-state index contributed by atoms with van der Waals surface area (Å²) in [4.78, 5) is 2.29. The van der Waals surface area contributed by atoms with E-state index in [1.807, 2.05) is 49.5 Å². The van der Waals surface area contributed by atoms with Gasteiger partial charge in [0, 0.05) is 31.8 Å². The first-order valence-corrected chi connectivity index (χ1v) is 11.4. The lowest BCUT2D eigenvalue weighted by Crippen LogP contribution is -2.32. The minimum atomic E-state index is -0.342. The van der Waals surface area contributed by atoms with E-state index in [0.29, 0.717) is 24.7 Å². The molecule has 3 rings (SSSR count). The third-order valence-electron chi connectivity index (χ3n) is 5.40. The molecule has 0 fully saturated rings. The Morgan fingerprint density at radius 3 is 2.47 bits per heavy atom. The number of aromatic nitrogens is 2. The predicted octanol–water partition coefficient (Wildman–Crippen LogP) is 5.26. The van der Waals surface area contributed by atoms with E-state index in [1.54, 1.807) is 11.8 Å². The van der Waals surface area contributed by atoms with Crippen LogP contribution in [-0.2, 0) is 13.6 Å². The molecule has 0 saturated heterocycles. The average Bonchev–Trinajstić information content (AvgIpc) is 3.10. The Labute approximate surface area is 191 Å². The van der Waals surface area contributed by atoms with Crippen LogP contribution in [0.3, 0.4) is 0 Å². The fourth-order valence-electron chi connectivity index (χ4n) is 3.92. The van der Waals surface area contributed by atoms with Crippen LogP contribution in [0.5, 0.6) is 17.4 Å². The number of nitrogens with zero attached hydrogens (tertiary/aromatic N) is 3. The molecule has 32 heavy (non-hydrogen) atoms. The molecule has 0 saturated carbocycles. The fraction of sp³-hybridized carbons (Fsp3) is 0.423. The van der Waals surface area contributed by atoms with E-state index in [4.69, 9.17) is 14.6 Å². The number of rotatable bonds is 12. The summed E-state index contributed by atoms with van der Waals surface area (Å²) in [6, 6.07) is 17.8. The summed E-state index contributed by atoms with van der Waals surface area (Å²) < 4.78 is 13.5. The Hall–Kier alpha value is -2.83. The molecule has 0 bridgehead atoms. The SMILES string of the molecule is CCC[C@H](O)CN(CCC)Cc1c(-c2ccccc2)nn(C)c1Oc1cccc(OC)c1. The smallest absolute Gasteiger partial charge is 0.222 e. The van der Waals surface area contributed by atoms with Crippen molar-refractivity contribution >= 4 is 0 Å². The molecule has 6 nitrogen and oxygen atoms in total. The third kappa shape index (κ3) is 6.11. The van der Waals surface area contributed by atoms with Crippen LogP contribution in [0, 0.1) is 0 Å². The third-order valence-corrected chi connectivity index (χ3v) is 5.40. The van der Waals surface area contributed by atoms with Gasteiger partial charge in [0.1, 0.15) is 17.2 Å². The van der Waals surface area contributed by atoms with Crippen molar-refractivity contribution in [1.29, 1.82) is 0 Å². The van der Waals surface area contributed by atoms with Crippen molar-refractivity contribution in [2.75, 3.05) is 20.2 Å². The molecule has 172 valence electrons. The molecule has 0 aliphatic rings. The van der Waals surface area contributed by atoms with Gasteiger partial charge < -0.3 is 14.6 Å². The second kappa shape index (κ2) is 11.7. The maximum atomic E-state index is 10.5. The lowest BCUT2D eigenvalue weighted by molar-refractivity contribution is 0.100. The summed E-state index contributed by atoms with van der Waals surface area (Å²) in [6.45, 7) is 6.42. The second-order valence-electron chi connectivity index (χ2n) is 8.08. The summed E-state index contributed by atoms with van der Waals surface area (Å²) in [5.41, 5.74) is 2.96. The molecule has 1 aromatic heterocycles. The summed E-state index contributed by atoms with van der Waals surface area (Å²) in [5.74, 6) is 2.13. The monoisotopic (exact) mass is 437 g/mol. The van der Waals surface area contributed by atoms with E-state index in [9.17, 15) is 5.11 Å². The maximum Gasteiger partial charge on any atom is 0.222 e. The molecule has 1 atom stereocenters. The van der Waals surface area contributed by atoms with E-state index in [0.717, 1.165) is 48.4 Å². The van der Waals surface area contributed by atoms with E-state index < -0.39 is 0 Å². The number of ether oxygens (including phenoxy) is 2. The number of aliphatic hydroxyl groups excluding tert-OH is 1. The van der Waals surface area contributed by atoms with Crippen LogP contribution in [-0.4, -0.2) is 46.1 Å². The molecule has 1 heterocycles.